The van der Waals surface area contributed by atoms with E-state index in [1.807, 2.05) is 11.0 Å². The highest BCUT2D eigenvalue weighted by Gasteiger charge is 2.40. The molecule has 0 bridgehead atoms. The fraction of sp³-hybridized carbons (Fsp3) is 0.682. The molecular formula is C22H34N2O. The molecule has 1 saturated carbocycles. The normalized spacial score (nSPS) is 21.8. The number of carbonyl (C=O) groups excluding carboxylic acids is 1. The van der Waals surface area contributed by atoms with E-state index >= 15 is 0 Å². The van der Waals surface area contributed by atoms with Crippen LogP contribution >= 0.6 is 0 Å². The highest BCUT2D eigenvalue weighted by molar-refractivity contribution is 5.83. The molecule has 1 heterocycles. The summed E-state index contributed by atoms with van der Waals surface area (Å²) in [6.07, 6.45) is 9.33. The number of nitrogens with zero attached hydrogens (tertiary/aromatic N) is 2. The van der Waals surface area contributed by atoms with Gasteiger partial charge in [-0.05, 0) is 57.1 Å². The Morgan fingerprint density at radius 2 is 1.64 bits per heavy atom. The summed E-state index contributed by atoms with van der Waals surface area (Å²) in [6.45, 7) is 7.90. The SMILES string of the molecule is CCN(CC)C(=O)C(c1ccccc1)N1CCCCC2(CCCC2)C1. The van der Waals surface area contributed by atoms with Gasteiger partial charge in [-0.2, -0.15) is 0 Å². The quantitative estimate of drug-likeness (QED) is 0.778. The third-order valence-electron chi connectivity index (χ3n) is 6.39. The van der Waals surface area contributed by atoms with Gasteiger partial charge < -0.3 is 4.90 Å². The lowest BCUT2D eigenvalue weighted by atomic mass is 9.81. The van der Waals surface area contributed by atoms with Crippen molar-refractivity contribution in [2.75, 3.05) is 26.2 Å². The molecule has 1 atom stereocenters. The summed E-state index contributed by atoms with van der Waals surface area (Å²) >= 11 is 0. The van der Waals surface area contributed by atoms with Gasteiger partial charge in [0.2, 0.25) is 5.91 Å². The Balaban J connectivity index is 1.91. The van der Waals surface area contributed by atoms with Gasteiger partial charge in [-0.25, -0.2) is 0 Å². The smallest absolute Gasteiger partial charge is 0.244 e. The van der Waals surface area contributed by atoms with Crippen molar-refractivity contribution in [3.8, 4) is 0 Å². The molecule has 0 aromatic heterocycles. The summed E-state index contributed by atoms with van der Waals surface area (Å²) in [5.74, 6) is 0.284. The van der Waals surface area contributed by atoms with Gasteiger partial charge in [-0.15, -0.1) is 0 Å². The molecule has 1 aliphatic heterocycles. The maximum absolute atomic E-state index is 13.4. The number of amides is 1. The Bertz CT molecular complexity index is 546. The zero-order valence-electron chi connectivity index (χ0n) is 16.0. The average Bonchev–Trinajstić information content (AvgIpc) is 2.99. The molecule has 138 valence electrons. The van der Waals surface area contributed by atoms with E-state index in [1.165, 1.54) is 44.9 Å². The van der Waals surface area contributed by atoms with Crippen LogP contribution in [0.4, 0.5) is 0 Å². The molecule has 3 nitrogen and oxygen atoms in total. The molecule has 1 amide bonds. The molecule has 3 rings (SSSR count). The summed E-state index contributed by atoms with van der Waals surface area (Å²) in [5.41, 5.74) is 1.63. The van der Waals surface area contributed by atoms with Crippen molar-refractivity contribution >= 4 is 5.91 Å². The lowest BCUT2D eigenvalue weighted by molar-refractivity contribution is -0.137. The highest BCUT2D eigenvalue weighted by atomic mass is 16.2. The van der Waals surface area contributed by atoms with Gasteiger partial charge in [0.15, 0.2) is 0 Å². The average molecular weight is 343 g/mol. The van der Waals surface area contributed by atoms with Crippen molar-refractivity contribution < 1.29 is 4.79 Å². The molecule has 3 heteroatoms. The molecule has 0 radical (unpaired) electrons. The second-order valence-electron chi connectivity index (χ2n) is 7.96. The van der Waals surface area contributed by atoms with Gasteiger partial charge in [-0.1, -0.05) is 49.6 Å². The predicted molar refractivity (Wildman–Crippen MR) is 103 cm³/mol. The van der Waals surface area contributed by atoms with Crippen LogP contribution < -0.4 is 0 Å². The standard InChI is InChI=1S/C22H34N2O/c1-3-23(4-2)21(25)20(19-12-6-5-7-13-19)24-17-11-10-16-22(18-24)14-8-9-15-22/h5-7,12-13,20H,3-4,8-11,14-18H2,1-2H3. The minimum atomic E-state index is -0.114. The van der Waals surface area contributed by atoms with Gasteiger partial charge in [0, 0.05) is 19.6 Å². The molecule has 0 N–H and O–H groups in total. The molecule has 2 fully saturated rings. The molecule has 1 spiro atoms. The van der Waals surface area contributed by atoms with Crippen molar-refractivity contribution in [2.45, 2.75) is 64.8 Å². The summed E-state index contributed by atoms with van der Waals surface area (Å²) in [5, 5.41) is 0. The zero-order valence-corrected chi connectivity index (χ0v) is 16.0. The van der Waals surface area contributed by atoms with Crippen LogP contribution in [-0.2, 0) is 4.79 Å². The van der Waals surface area contributed by atoms with E-state index in [-0.39, 0.29) is 11.9 Å². The Kier molecular flexibility index (Phi) is 6.16. The predicted octanol–water partition coefficient (Wildman–Crippen LogP) is 4.64. The molecule has 1 aliphatic carbocycles. The first-order valence-electron chi connectivity index (χ1n) is 10.3. The molecule has 1 aromatic rings. The molecule has 1 aromatic carbocycles. The van der Waals surface area contributed by atoms with Gasteiger partial charge in [-0.3, -0.25) is 9.69 Å². The third-order valence-corrected chi connectivity index (χ3v) is 6.39. The Morgan fingerprint density at radius 1 is 1.04 bits per heavy atom. The minimum Gasteiger partial charge on any atom is -0.342 e. The van der Waals surface area contributed by atoms with E-state index in [1.54, 1.807) is 0 Å². The topological polar surface area (TPSA) is 23.6 Å². The lowest BCUT2D eigenvalue weighted by Crippen LogP contribution is -2.46. The Hall–Kier alpha value is -1.35. The Morgan fingerprint density at radius 3 is 2.24 bits per heavy atom. The fourth-order valence-corrected chi connectivity index (χ4v) is 5.01. The number of benzene rings is 1. The number of likely N-dealkylation sites (N-methyl/N-ethyl adjacent to an activating group) is 1. The summed E-state index contributed by atoms with van der Waals surface area (Å²) in [6, 6.07) is 10.3. The van der Waals surface area contributed by atoms with Crippen molar-refractivity contribution in [1.29, 1.82) is 0 Å². The van der Waals surface area contributed by atoms with Crippen LogP contribution in [0.5, 0.6) is 0 Å². The van der Waals surface area contributed by atoms with Crippen LogP contribution in [0, 0.1) is 5.41 Å². The van der Waals surface area contributed by atoms with Gasteiger partial charge in [0.25, 0.3) is 0 Å². The van der Waals surface area contributed by atoms with Crippen LogP contribution in [0.15, 0.2) is 30.3 Å². The van der Waals surface area contributed by atoms with E-state index in [4.69, 9.17) is 0 Å². The summed E-state index contributed by atoms with van der Waals surface area (Å²) < 4.78 is 0. The van der Waals surface area contributed by atoms with Crippen molar-refractivity contribution in [3.05, 3.63) is 35.9 Å². The third kappa shape index (κ3) is 4.08. The second kappa shape index (κ2) is 8.35. The number of hydrogen-bond donors (Lipinski definition) is 0. The van der Waals surface area contributed by atoms with E-state index in [2.05, 4.69) is 43.0 Å². The number of hydrogen-bond acceptors (Lipinski definition) is 2. The van der Waals surface area contributed by atoms with Crippen molar-refractivity contribution in [2.24, 2.45) is 5.41 Å². The summed E-state index contributed by atoms with van der Waals surface area (Å²) in [7, 11) is 0. The van der Waals surface area contributed by atoms with Crippen LogP contribution in [-0.4, -0.2) is 41.9 Å². The van der Waals surface area contributed by atoms with Crippen LogP contribution in [0.1, 0.15) is 70.4 Å². The van der Waals surface area contributed by atoms with Gasteiger partial charge in [0.1, 0.15) is 6.04 Å². The largest absolute Gasteiger partial charge is 0.342 e. The van der Waals surface area contributed by atoms with Gasteiger partial charge in [0.05, 0.1) is 0 Å². The summed E-state index contributed by atoms with van der Waals surface area (Å²) in [4.78, 5) is 17.9. The number of rotatable bonds is 5. The van der Waals surface area contributed by atoms with E-state index < -0.39 is 0 Å². The maximum Gasteiger partial charge on any atom is 0.244 e. The first kappa shape index (κ1) is 18.4. The minimum absolute atomic E-state index is 0.114. The molecule has 25 heavy (non-hydrogen) atoms. The number of likely N-dealkylation sites (tertiary alicyclic amines) is 1. The van der Waals surface area contributed by atoms with E-state index in [9.17, 15) is 4.79 Å². The Labute approximate surface area is 153 Å². The van der Waals surface area contributed by atoms with Crippen LogP contribution in [0.3, 0.4) is 0 Å². The first-order valence-corrected chi connectivity index (χ1v) is 10.3. The van der Waals surface area contributed by atoms with E-state index in [0.29, 0.717) is 5.41 Å². The van der Waals surface area contributed by atoms with E-state index in [0.717, 1.165) is 31.7 Å². The van der Waals surface area contributed by atoms with Crippen LogP contribution in [0.2, 0.25) is 0 Å². The monoisotopic (exact) mass is 342 g/mol. The van der Waals surface area contributed by atoms with Crippen molar-refractivity contribution in [1.82, 2.24) is 9.80 Å². The fourth-order valence-electron chi connectivity index (χ4n) is 5.01. The van der Waals surface area contributed by atoms with Gasteiger partial charge >= 0.3 is 0 Å². The molecular weight excluding hydrogens is 308 g/mol. The molecule has 1 saturated heterocycles. The zero-order chi connectivity index (χ0) is 17.7. The van der Waals surface area contributed by atoms with Crippen LogP contribution in [0.25, 0.3) is 0 Å². The first-order chi connectivity index (χ1) is 12.2. The second-order valence-corrected chi connectivity index (χ2v) is 7.96. The van der Waals surface area contributed by atoms with Crippen molar-refractivity contribution in [3.63, 3.8) is 0 Å². The number of carbonyl (C=O) groups is 1. The maximum atomic E-state index is 13.4. The molecule has 1 unspecified atom stereocenters. The highest BCUT2D eigenvalue weighted by Crippen LogP contribution is 2.45. The lowest BCUT2D eigenvalue weighted by Gasteiger charge is -2.38. The molecule has 2 aliphatic rings.